The third-order valence-electron chi connectivity index (χ3n) is 3.46. The highest BCUT2D eigenvalue weighted by Gasteiger charge is 2.15. The minimum atomic E-state index is -0.440. The molecule has 0 spiro atoms. The molecule has 0 bridgehead atoms. The number of halogens is 1. The Hall–Kier alpha value is -2.34. The first-order chi connectivity index (χ1) is 12.0. The van der Waals surface area contributed by atoms with Gasteiger partial charge in [0.2, 0.25) is 0 Å². The summed E-state index contributed by atoms with van der Waals surface area (Å²) in [5.74, 6) is 0.171. The zero-order valence-electron chi connectivity index (χ0n) is 14.2. The van der Waals surface area contributed by atoms with Crippen LogP contribution >= 0.6 is 15.9 Å². The lowest BCUT2D eigenvalue weighted by molar-refractivity contribution is 0.0844. The average Bonchev–Trinajstić information content (AvgIpc) is 2.61. The van der Waals surface area contributed by atoms with Crippen molar-refractivity contribution in [2.24, 2.45) is 5.92 Å². The van der Waals surface area contributed by atoms with E-state index in [2.05, 4.69) is 40.6 Å². The van der Waals surface area contributed by atoms with Gasteiger partial charge in [0.05, 0.1) is 12.2 Å². The van der Waals surface area contributed by atoms with E-state index in [0.29, 0.717) is 29.4 Å². The standard InChI is InChI=1S/C19H21BrN2O3/c1-13(2)10-11-25-17-9-8-15(20)12-16(17)19(24)22-21-18(23)14-6-4-3-5-7-14/h3-9,12-13H,10-11H2,1-2H3,(H,21,23)(H,22,24). The van der Waals surface area contributed by atoms with Crippen molar-refractivity contribution in [3.8, 4) is 5.75 Å². The summed E-state index contributed by atoms with van der Waals surface area (Å²) in [6, 6.07) is 13.9. The highest BCUT2D eigenvalue weighted by Crippen LogP contribution is 2.23. The van der Waals surface area contributed by atoms with Gasteiger partial charge in [-0.25, -0.2) is 0 Å². The molecule has 0 fully saturated rings. The first-order valence-electron chi connectivity index (χ1n) is 8.05. The van der Waals surface area contributed by atoms with Gasteiger partial charge in [0.15, 0.2) is 0 Å². The van der Waals surface area contributed by atoms with Crippen LogP contribution in [-0.2, 0) is 0 Å². The fraction of sp³-hybridized carbons (Fsp3) is 0.263. The number of ether oxygens (including phenoxy) is 1. The van der Waals surface area contributed by atoms with Gasteiger partial charge in [0.1, 0.15) is 5.75 Å². The molecule has 0 unspecified atom stereocenters. The molecule has 2 N–H and O–H groups in total. The molecule has 2 amide bonds. The average molecular weight is 405 g/mol. The van der Waals surface area contributed by atoms with Crippen molar-refractivity contribution in [3.63, 3.8) is 0 Å². The van der Waals surface area contributed by atoms with Crippen molar-refractivity contribution >= 4 is 27.7 Å². The number of carbonyl (C=O) groups excluding carboxylic acids is 2. The van der Waals surface area contributed by atoms with E-state index >= 15 is 0 Å². The van der Waals surface area contributed by atoms with Gasteiger partial charge in [-0.2, -0.15) is 0 Å². The molecule has 2 rings (SSSR count). The number of hydrazine groups is 1. The van der Waals surface area contributed by atoms with Crippen molar-refractivity contribution < 1.29 is 14.3 Å². The quantitative estimate of drug-likeness (QED) is 0.716. The van der Waals surface area contributed by atoms with E-state index < -0.39 is 5.91 Å². The zero-order chi connectivity index (χ0) is 18.2. The second kappa shape index (κ2) is 9.22. The molecular formula is C19H21BrN2O3. The topological polar surface area (TPSA) is 67.4 Å². The van der Waals surface area contributed by atoms with Crippen LogP contribution in [0.15, 0.2) is 53.0 Å². The van der Waals surface area contributed by atoms with E-state index in [-0.39, 0.29) is 5.91 Å². The van der Waals surface area contributed by atoms with Crippen LogP contribution in [0, 0.1) is 5.92 Å². The van der Waals surface area contributed by atoms with E-state index in [1.165, 1.54) is 0 Å². The minimum absolute atomic E-state index is 0.353. The number of benzene rings is 2. The predicted octanol–water partition coefficient (Wildman–Crippen LogP) is 3.95. The Kier molecular flexibility index (Phi) is 7.01. The molecule has 2 aromatic rings. The summed E-state index contributed by atoms with van der Waals surface area (Å²) in [6.45, 7) is 4.74. The van der Waals surface area contributed by atoms with Gasteiger partial charge >= 0.3 is 0 Å². The molecule has 6 heteroatoms. The van der Waals surface area contributed by atoms with Crippen molar-refractivity contribution in [3.05, 3.63) is 64.1 Å². The smallest absolute Gasteiger partial charge is 0.273 e. The second-order valence-corrected chi connectivity index (χ2v) is 6.86. The van der Waals surface area contributed by atoms with Crippen LogP contribution in [0.1, 0.15) is 41.0 Å². The molecule has 2 aromatic carbocycles. The van der Waals surface area contributed by atoms with Gasteiger partial charge < -0.3 is 4.74 Å². The molecule has 0 saturated heterocycles. The molecule has 5 nitrogen and oxygen atoms in total. The van der Waals surface area contributed by atoms with Crippen LogP contribution in [0.3, 0.4) is 0 Å². The fourth-order valence-corrected chi connectivity index (χ4v) is 2.41. The van der Waals surface area contributed by atoms with Gasteiger partial charge in [0, 0.05) is 10.0 Å². The lowest BCUT2D eigenvalue weighted by Crippen LogP contribution is -2.41. The number of rotatable bonds is 6. The molecule has 0 saturated carbocycles. The SMILES string of the molecule is CC(C)CCOc1ccc(Br)cc1C(=O)NNC(=O)c1ccccc1. The van der Waals surface area contributed by atoms with Gasteiger partial charge in [-0.1, -0.05) is 48.0 Å². The number of nitrogens with one attached hydrogen (secondary N) is 2. The molecule has 0 aliphatic rings. The molecule has 0 radical (unpaired) electrons. The van der Waals surface area contributed by atoms with Crippen LogP contribution in [0.25, 0.3) is 0 Å². The first kappa shape index (κ1) is 19.0. The Morgan fingerprint density at radius 1 is 1.04 bits per heavy atom. The maximum atomic E-state index is 12.4. The Labute approximate surface area is 155 Å². The first-order valence-corrected chi connectivity index (χ1v) is 8.84. The molecule has 0 aliphatic heterocycles. The Morgan fingerprint density at radius 3 is 2.40 bits per heavy atom. The van der Waals surface area contributed by atoms with Crippen LogP contribution in [0.5, 0.6) is 5.75 Å². The second-order valence-electron chi connectivity index (χ2n) is 5.95. The molecule has 0 aliphatic carbocycles. The minimum Gasteiger partial charge on any atom is -0.493 e. The van der Waals surface area contributed by atoms with Crippen molar-refractivity contribution in [2.45, 2.75) is 20.3 Å². The lowest BCUT2D eigenvalue weighted by atomic mass is 10.1. The summed E-state index contributed by atoms with van der Waals surface area (Å²) in [7, 11) is 0. The van der Waals surface area contributed by atoms with Crippen LogP contribution < -0.4 is 15.6 Å². The van der Waals surface area contributed by atoms with Gasteiger partial charge in [-0.15, -0.1) is 0 Å². The Bertz CT molecular complexity index is 733. The molecule has 0 aromatic heterocycles. The van der Waals surface area contributed by atoms with Crippen molar-refractivity contribution in [2.75, 3.05) is 6.61 Å². The molecule has 132 valence electrons. The van der Waals surface area contributed by atoms with Crippen molar-refractivity contribution in [1.29, 1.82) is 0 Å². The lowest BCUT2D eigenvalue weighted by Gasteiger charge is -2.13. The summed E-state index contributed by atoms with van der Waals surface area (Å²) in [5.41, 5.74) is 5.65. The summed E-state index contributed by atoms with van der Waals surface area (Å²) >= 11 is 3.35. The predicted molar refractivity (Wildman–Crippen MR) is 100 cm³/mol. The molecule has 25 heavy (non-hydrogen) atoms. The largest absolute Gasteiger partial charge is 0.493 e. The van der Waals surface area contributed by atoms with Gasteiger partial charge in [-0.3, -0.25) is 20.4 Å². The Balaban J connectivity index is 2.02. The van der Waals surface area contributed by atoms with E-state index in [1.807, 2.05) is 12.1 Å². The monoisotopic (exact) mass is 404 g/mol. The number of carbonyl (C=O) groups is 2. The summed E-state index contributed by atoms with van der Waals surface area (Å²) in [4.78, 5) is 24.4. The van der Waals surface area contributed by atoms with Crippen LogP contribution in [-0.4, -0.2) is 18.4 Å². The number of hydrogen-bond acceptors (Lipinski definition) is 3. The van der Waals surface area contributed by atoms with Gasteiger partial charge in [0.25, 0.3) is 11.8 Å². The van der Waals surface area contributed by atoms with E-state index in [4.69, 9.17) is 4.74 Å². The highest BCUT2D eigenvalue weighted by atomic mass is 79.9. The van der Waals surface area contributed by atoms with E-state index in [9.17, 15) is 9.59 Å². The fourth-order valence-electron chi connectivity index (χ4n) is 2.05. The molecule has 0 heterocycles. The summed E-state index contributed by atoms with van der Waals surface area (Å²) in [5, 5.41) is 0. The van der Waals surface area contributed by atoms with Crippen molar-refractivity contribution in [1.82, 2.24) is 10.9 Å². The normalized spacial score (nSPS) is 10.4. The van der Waals surface area contributed by atoms with E-state index in [1.54, 1.807) is 36.4 Å². The Morgan fingerprint density at radius 2 is 1.72 bits per heavy atom. The third-order valence-corrected chi connectivity index (χ3v) is 3.96. The summed E-state index contributed by atoms with van der Waals surface area (Å²) in [6.07, 6.45) is 0.891. The zero-order valence-corrected chi connectivity index (χ0v) is 15.8. The van der Waals surface area contributed by atoms with Crippen LogP contribution in [0.2, 0.25) is 0 Å². The summed E-state index contributed by atoms with van der Waals surface area (Å²) < 4.78 is 6.47. The highest BCUT2D eigenvalue weighted by molar-refractivity contribution is 9.10. The third kappa shape index (κ3) is 5.90. The molecule has 0 atom stereocenters. The number of amides is 2. The van der Waals surface area contributed by atoms with E-state index in [0.717, 1.165) is 10.9 Å². The number of hydrogen-bond donors (Lipinski definition) is 2. The van der Waals surface area contributed by atoms with Gasteiger partial charge in [-0.05, 0) is 42.7 Å². The molecular weight excluding hydrogens is 384 g/mol. The maximum Gasteiger partial charge on any atom is 0.273 e. The maximum absolute atomic E-state index is 12.4. The van der Waals surface area contributed by atoms with Crippen LogP contribution in [0.4, 0.5) is 0 Å².